The van der Waals surface area contributed by atoms with Crippen LogP contribution in [0.2, 0.25) is 0 Å². The van der Waals surface area contributed by atoms with Gasteiger partial charge < -0.3 is 10.2 Å². The van der Waals surface area contributed by atoms with E-state index in [1.807, 2.05) is 12.1 Å². The standard InChI is InChI=1S/C15H20O4/c1-2-3-4-5-11-6-7-12(9-14(16)17)13(8-11)10-15(18)19/h6-8H,2-5,9-10H2,1H3,(H,16,17)(H,18,19). The van der Waals surface area contributed by atoms with Gasteiger partial charge in [-0.05, 0) is 29.5 Å². The van der Waals surface area contributed by atoms with Crippen molar-refractivity contribution >= 4 is 11.9 Å². The van der Waals surface area contributed by atoms with Crippen molar-refractivity contribution in [2.75, 3.05) is 0 Å². The zero-order chi connectivity index (χ0) is 14.3. The van der Waals surface area contributed by atoms with Crippen LogP contribution >= 0.6 is 0 Å². The quantitative estimate of drug-likeness (QED) is 0.708. The topological polar surface area (TPSA) is 74.6 Å². The first-order valence-corrected chi connectivity index (χ1v) is 6.57. The van der Waals surface area contributed by atoms with Crippen LogP contribution in [-0.4, -0.2) is 22.2 Å². The van der Waals surface area contributed by atoms with Crippen LogP contribution < -0.4 is 0 Å². The van der Waals surface area contributed by atoms with Crippen LogP contribution in [0.25, 0.3) is 0 Å². The Morgan fingerprint density at radius 1 is 1.00 bits per heavy atom. The number of hydrogen-bond donors (Lipinski definition) is 2. The van der Waals surface area contributed by atoms with Crippen molar-refractivity contribution in [2.45, 2.75) is 45.4 Å². The number of carboxylic acid groups (broad SMARTS) is 2. The number of hydrogen-bond acceptors (Lipinski definition) is 2. The zero-order valence-corrected chi connectivity index (χ0v) is 11.2. The van der Waals surface area contributed by atoms with Gasteiger partial charge in [0.2, 0.25) is 0 Å². The summed E-state index contributed by atoms with van der Waals surface area (Å²) in [6.45, 7) is 2.13. The molecule has 4 heteroatoms. The molecule has 1 aromatic rings. The summed E-state index contributed by atoms with van der Waals surface area (Å²) in [5, 5.41) is 17.7. The van der Waals surface area contributed by atoms with E-state index in [4.69, 9.17) is 10.2 Å². The normalized spacial score (nSPS) is 10.4. The molecule has 0 fully saturated rings. The van der Waals surface area contributed by atoms with E-state index in [9.17, 15) is 9.59 Å². The number of benzene rings is 1. The molecule has 104 valence electrons. The molecule has 4 nitrogen and oxygen atoms in total. The molecule has 0 aliphatic rings. The summed E-state index contributed by atoms with van der Waals surface area (Å²) in [7, 11) is 0. The van der Waals surface area contributed by atoms with Gasteiger partial charge in [-0.1, -0.05) is 38.0 Å². The third kappa shape index (κ3) is 5.55. The SMILES string of the molecule is CCCCCc1ccc(CC(=O)O)c(CC(=O)O)c1. The fourth-order valence-corrected chi connectivity index (χ4v) is 2.08. The van der Waals surface area contributed by atoms with Gasteiger partial charge in [0, 0.05) is 0 Å². The number of aliphatic carboxylic acids is 2. The first-order chi connectivity index (χ1) is 9.02. The Hall–Kier alpha value is -1.84. The smallest absolute Gasteiger partial charge is 0.307 e. The van der Waals surface area contributed by atoms with E-state index >= 15 is 0 Å². The van der Waals surface area contributed by atoms with E-state index in [0.717, 1.165) is 31.2 Å². The highest BCUT2D eigenvalue weighted by atomic mass is 16.4. The van der Waals surface area contributed by atoms with Gasteiger partial charge in [-0.25, -0.2) is 0 Å². The van der Waals surface area contributed by atoms with Gasteiger partial charge >= 0.3 is 11.9 Å². The van der Waals surface area contributed by atoms with Crippen molar-refractivity contribution in [2.24, 2.45) is 0 Å². The summed E-state index contributed by atoms with van der Waals surface area (Å²) in [5.41, 5.74) is 2.29. The number of rotatable bonds is 8. The molecule has 0 atom stereocenters. The lowest BCUT2D eigenvalue weighted by atomic mass is 9.96. The molecule has 0 aromatic heterocycles. The van der Waals surface area contributed by atoms with Crippen molar-refractivity contribution in [3.05, 3.63) is 34.9 Å². The summed E-state index contributed by atoms with van der Waals surface area (Å²) in [6.07, 6.45) is 4.02. The minimum Gasteiger partial charge on any atom is -0.481 e. The molecular weight excluding hydrogens is 244 g/mol. The Morgan fingerprint density at radius 3 is 2.21 bits per heavy atom. The van der Waals surface area contributed by atoms with Crippen LogP contribution in [0.5, 0.6) is 0 Å². The first kappa shape index (κ1) is 15.2. The number of carboxylic acids is 2. The number of aryl methyl sites for hydroxylation is 1. The van der Waals surface area contributed by atoms with Gasteiger partial charge in [-0.2, -0.15) is 0 Å². The van der Waals surface area contributed by atoms with Crippen LogP contribution in [0.1, 0.15) is 42.9 Å². The van der Waals surface area contributed by atoms with Crippen LogP contribution in [-0.2, 0) is 28.9 Å². The van der Waals surface area contributed by atoms with Crippen molar-refractivity contribution in [1.29, 1.82) is 0 Å². The predicted molar refractivity (Wildman–Crippen MR) is 72.4 cm³/mol. The number of carbonyl (C=O) groups is 2. The lowest BCUT2D eigenvalue weighted by Crippen LogP contribution is -2.08. The largest absolute Gasteiger partial charge is 0.481 e. The Kier molecular flexibility index (Phi) is 6.06. The minimum atomic E-state index is -0.939. The summed E-state index contributed by atoms with van der Waals surface area (Å²) < 4.78 is 0. The molecule has 0 aliphatic carbocycles. The molecule has 19 heavy (non-hydrogen) atoms. The maximum Gasteiger partial charge on any atom is 0.307 e. The van der Waals surface area contributed by atoms with E-state index in [1.165, 1.54) is 0 Å². The lowest BCUT2D eigenvalue weighted by Gasteiger charge is -2.09. The first-order valence-electron chi connectivity index (χ1n) is 6.57. The van der Waals surface area contributed by atoms with Gasteiger partial charge in [0.1, 0.15) is 0 Å². The molecule has 0 saturated heterocycles. The Labute approximate surface area is 113 Å². The third-order valence-corrected chi connectivity index (χ3v) is 3.02. The highest BCUT2D eigenvalue weighted by Gasteiger charge is 2.11. The van der Waals surface area contributed by atoms with E-state index in [0.29, 0.717) is 11.1 Å². The van der Waals surface area contributed by atoms with E-state index in [2.05, 4.69) is 6.92 Å². The third-order valence-electron chi connectivity index (χ3n) is 3.02. The van der Waals surface area contributed by atoms with Crippen LogP contribution in [0.3, 0.4) is 0 Å². The van der Waals surface area contributed by atoms with Gasteiger partial charge in [-0.15, -0.1) is 0 Å². The lowest BCUT2D eigenvalue weighted by molar-refractivity contribution is -0.137. The van der Waals surface area contributed by atoms with Gasteiger partial charge in [-0.3, -0.25) is 9.59 Å². The molecule has 1 rings (SSSR count). The average Bonchev–Trinajstić information content (AvgIpc) is 2.31. The van der Waals surface area contributed by atoms with Gasteiger partial charge in [0.15, 0.2) is 0 Å². The molecule has 0 amide bonds. The Bertz CT molecular complexity index is 451. The highest BCUT2D eigenvalue weighted by Crippen LogP contribution is 2.16. The van der Waals surface area contributed by atoms with E-state index in [-0.39, 0.29) is 12.8 Å². The summed E-state index contributed by atoms with van der Waals surface area (Å²) >= 11 is 0. The molecular formula is C15H20O4. The zero-order valence-electron chi connectivity index (χ0n) is 11.2. The second-order valence-electron chi connectivity index (χ2n) is 4.70. The van der Waals surface area contributed by atoms with Crippen molar-refractivity contribution in [1.82, 2.24) is 0 Å². The maximum atomic E-state index is 10.8. The second kappa shape index (κ2) is 7.56. The fourth-order valence-electron chi connectivity index (χ4n) is 2.08. The number of unbranched alkanes of at least 4 members (excludes halogenated alkanes) is 2. The molecule has 0 radical (unpaired) electrons. The summed E-state index contributed by atoms with van der Waals surface area (Å²) in [6, 6.07) is 5.48. The molecule has 0 saturated carbocycles. The molecule has 2 N–H and O–H groups in total. The van der Waals surface area contributed by atoms with Crippen molar-refractivity contribution in [3.63, 3.8) is 0 Å². The van der Waals surface area contributed by atoms with E-state index in [1.54, 1.807) is 6.07 Å². The fraction of sp³-hybridized carbons (Fsp3) is 0.467. The monoisotopic (exact) mass is 264 g/mol. The molecule has 0 bridgehead atoms. The molecule has 0 heterocycles. The summed E-state index contributed by atoms with van der Waals surface area (Å²) in [4.78, 5) is 21.6. The second-order valence-corrected chi connectivity index (χ2v) is 4.70. The van der Waals surface area contributed by atoms with Crippen LogP contribution in [0.4, 0.5) is 0 Å². The van der Waals surface area contributed by atoms with Crippen molar-refractivity contribution in [3.8, 4) is 0 Å². The predicted octanol–water partition coefficient (Wildman–Crippen LogP) is 2.67. The van der Waals surface area contributed by atoms with Gasteiger partial charge in [0.05, 0.1) is 12.8 Å². The van der Waals surface area contributed by atoms with Crippen LogP contribution in [0, 0.1) is 0 Å². The highest BCUT2D eigenvalue weighted by molar-refractivity contribution is 5.74. The van der Waals surface area contributed by atoms with Crippen LogP contribution in [0.15, 0.2) is 18.2 Å². The van der Waals surface area contributed by atoms with E-state index < -0.39 is 11.9 Å². The van der Waals surface area contributed by atoms with Gasteiger partial charge in [0.25, 0.3) is 0 Å². The summed E-state index contributed by atoms with van der Waals surface area (Å²) in [5.74, 6) is -1.87. The molecule has 0 aliphatic heterocycles. The molecule has 1 aromatic carbocycles. The van der Waals surface area contributed by atoms with Crippen molar-refractivity contribution < 1.29 is 19.8 Å². The molecule has 0 unspecified atom stereocenters. The minimum absolute atomic E-state index is 0.121. The Morgan fingerprint density at radius 2 is 1.63 bits per heavy atom. The Balaban J connectivity index is 2.87. The average molecular weight is 264 g/mol. The maximum absolute atomic E-state index is 10.8. The molecule has 0 spiro atoms.